The van der Waals surface area contributed by atoms with E-state index in [1.165, 1.54) is 10.4 Å². The van der Waals surface area contributed by atoms with Gasteiger partial charge in [0.1, 0.15) is 0 Å². The van der Waals surface area contributed by atoms with Crippen molar-refractivity contribution in [1.29, 1.82) is 0 Å². The highest BCUT2D eigenvalue weighted by Gasteiger charge is 2.72. The van der Waals surface area contributed by atoms with Crippen LogP contribution >= 0.6 is 0 Å². The monoisotopic (exact) mass is 283 g/mol. The third-order valence-corrected chi connectivity index (χ3v) is 7.85. The van der Waals surface area contributed by atoms with Crippen LogP contribution in [0.5, 0.6) is 0 Å². The first kappa shape index (κ1) is 13.2. The minimum Gasteiger partial charge on any atom is -0.269 e. The van der Waals surface area contributed by atoms with Crippen LogP contribution in [0.25, 0.3) is 0 Å². The van der Waals surface area contributed by atoms with Crippen molar-refractivity contribution in [2.45, 2.75) is 46.1 Å². The lowest BCUT2D eigenvalue weighted by atomic mass is 9.69. The lowest BCUT2D eigenvalue weighted by Gasteiger charge is -2.36. The fraction of sp³-hybridized carbons (Fsp3) is 0.786. The van der Waals surface area contributed by atoms with Gasteiger partial charge >= 0.3 is 0 Å². The number of fused-ring (bicyclic) bond motifs is 1. The lowest BCUT2D eigenvalue weighted by molar-refractivity contribution is -0.124. The Morgan fingerprint density at radius 3 is 2.63 bits per heavy atom. The zero-order valence-corrected chi connectivity index (χ0v) is 12.5. The summed E-state index contributed by atoms with van der Waals surface area (Å²) in [6.45, 7) is 6.11. The molecule has 0 radical (unpaired) electrons. The topological polar surface area (TPSA) is 54.5 Å². The standard InChI is InChI=1S/C14H21NO3S/c1-4-5-12(16)15-11-8-10-6-7-14(11,13(10,2)3)9-19(15,17)18/h4-5,10-11H,6-9H2,1-3H3/b5-4-/t10-,11-,14-/m0/s1. The molecule has 0 N–H and O–H groups in total. The maximum Gasteiger partial charge on any atom is 0.259 e. The van der Waals surface area contributed by atoms with Crippen LogP contribution in [0.4, 0.5) is 0 Å². The molecule has 3 atom stereocenters. The Labute approximate surface area is 114 Å². The summed E-state index contributed by atoms with van der Waals surface area (Å²) in [5.41, 5.74) is -0.191. The molecular weight excluding hydrogens is 262 g/mol. The normalized spacial score (nSPS) is 41.9. The molecule has 1 saturated heterocycles. The Kier molecular flexibility index (Phi) is 2.51. The number of hydrogen-bond donors (Lipinski definition) is 0. The number of nitrogens with zero attached hydrogens (tertiary/aromatic N) is 1. The van der Waals surface area contributed by atoms with Gasteiger partial charge in [0.05, 0.1) is 11.8 Å². The van der Waals surface area contributed by atoms with Crippen molar-refractivity contribution < 1.29 is 13.2 Å². The molecule has 2 aliphatic carbocycles. The van der Waals surface area contributed by atoms with Gasteiger partial charge in [-0.1, -0.05) is 19.9 Å². The zero-order chi connectivity index (χ0) is 14.1. The molecule has 0 unspecified atom stereocenters. The van der Waals surface area contributed by atoms with Gasteiger partial charge in [-0.25, -0.2) is 12.7 Å². The molecule has 0 aromatic heterocycles. The predicted molar refractivity (Wildman–Crippen MR) is 72.8 cm³/mol. The Balaban J connectivity index is 2.09. The first-order valence-corrected chi connectivity index (χ1v) is 8.56. The van der Waals surface area contributed by atoms with Crippen LogP contribution in [0, 0.1) is 16.7 Å². The third-order valence-electron chi connectivity index (χ3n) is 5.94. The van der Waals surface area contributed by atoms with Crippen molar-refractivity contribution in [2.75, 3.05) is 5.75 Å². The molecule has 106 valence electrons. The van der Waals surface area contributed by atoms with Crippen LogP contribution < -0.4 is 0 Å². The Hall–Kier alpha value is -0.840. The summed E-state index contributed by atoms with van der Waals surface area (Å²) in [5.74, 6) is 0.332. The summed E-state index contributed by atoms with van der Waals surface area (Å²) in [4.78, 5) is 12.1. The highest BCUT2D eigenvalue weighted by Crippen LogP contribution is 2.69. The number of carbonyl (C=O) groups is 1. The SMILES string of the molecule is C/C=C\C(=O)N1[C@H]2C[C@@H]3CC[C@@]2(CS1(=O)=O)C3(C)C. The van der Waals surface area contributed by atoms with Crippen LogP contribution in [-0.4, -0.2) is 30.4 Å². The largest absolute Gasteiger partial charge is 0.269 e. The maximum atomic E-state index is 12.4. The van der Waals surface area contributed by atoms with Gasteiger partial charge in [-0.2, -0.15) is 0 Å². The van der Waals surface area contributed by atoms with Gasteiger partial charge in [-0.15, -0.1) is 0 Å². The number of carbonyl (C=O) groups excluding carboxylic acids is 1. The number of sulfonamides is 1. The summed E-state index contributed by atoms with van der Waals surface area (Å²) in [7, 11) is -3.45. The molecular formula is C14H21NO3S. The van der Waals surface area contributed by atoms with Crippen LogP contribution in [0.3, 0.4) is 0 Å². The highest BCUT2D eigenvalue weighted by atomic mass is 32.2. The third kappa shape index (κ3) is 1.40. The number of allylic oxidation sites excluding steroid dienone is 1. The Morgan fingerprint density at radius 1 is 1.37 bits per heavy atom. The van der Waals surface area contributed by atoms with Gasteiger partial charge in [0.2, 0.25) is 10.0 Å². The molecule has 2 bridgehead atoms. The van der Waals surface area contributed by atoms with E-state index in [4.69, 9.17) is 0 Å². The summed E-state index contributed by atoms with van der Waals surface area (Å²) < 4.78 is 26.1. The average molecular weight is 283 g/mol. The summed E-state index contributed by atoms with van der Waals surface area (Å²) in [6.07, 6.45) is 5.87. The van der Waals surface area contributed by atoms with Crippen molar-refractivity contribution in [3.63, 3.8) is 0 Å². The summed E-state index contributed by atoms with van der Waals surface area (Å²) in [6, 6.07) is -0.116. The molecule has 1 heterocycles. The Bertz CT molecular complexity index is 563. The lowest BCUT2D eigenvalue weighted by Crippen LogP contribution is -2.43. The van der Waals surface area contributed by atoms with Crippen molar-refractivity contribution >= 4 is 15.9 Å². The Morgan fingerprint density at radius 2 is 2.05 bits per heavy atom. The minimum absolute atomic E-state index is 0.0235. The second-order valence-electron chi connectivity index (χ2n) is 6.76. The fourth-order valence-corrected chi connectivity index (χ4v) is 7.30. The van der Waals surface area contributed by atoms with Gasteiger partial charge in [0, 0.05) is 5.41 Å². The van der Waals surface area contributed by atoms with Crippen LogP contribution in [0.15, 0.2) is 12.2 Å². The van der Waals surface area contributed by atoms with E-state index in [1.807, 2.05) is 0 Å². The van der Waals surface area contributed by atoms with E-state index >= 15 is 0 Å². The molecule has 19 heavy (non-hydrogen) atoms. The second-order valence-corrected chi connectivity index (χ2v) is 8.60. The molecule has 1 amide bonds. The highest BCUT2D eigenvalue weighted by molar-refractivity contribution is 7.90. The number of hydrogen-bond acceptors (Lipinski definition) is 3. The number of rotatable bonds is 1. The molecule has 5 heteroatoms. The smallest absolute Gasteiger partial charge is 0.259 e. The van der Waals surface area contributed by atoms with E-state index in [-0.39, 0.29) is 28.5 Å². The van der Waals surface area contributed by atoms with Crippen molar-refractivity contribution in [3.8, 4) is 0 Å². The van der Waals surface area contributed by atoms with E-state index in [1.54, 1.807) is 13.0 Å². The van der Waals surface area contributed by atoms with E-state index < -0.39 is 10.0 Å². The summed E-state index contributed by atoms with van der Waals surface area (Å²) >= 11 is 0. The fourth-order valence-electron chi connectivity index (χ4n) is 4.80. The van der Waals surface area contributed by atoms with Gasteiger partial charge in [-0.3, -0.25) is 4.79 Å². The molecule has 1 spiro atoms. The van der Waals surface area contributed by atoms with Gasteiger partial charge in [-0.05, 0) is 43.6 Å². The molecule has 2 saturated carbocycles. The van der Waals surface area contributed by atoms with E-state index in [9.17, 15) is 13.2 Å². The average Bonchev–Trinajstić information content (AvgIpc) is 2.75. The second kappa shape index (κ2) is 3.62. The first-order chi connectivity index (χ1) is 8.76. The van der Waals surface area contributed by atoms with Crippen molar-refractivity contribution in [3.05, 3.63) is 12.2 Å². The predicted octanol–water partition coefficient (Wildman–Crippen LogP) is 1.93. The van der Waals surface area contributed by atoms with Crippen molar-refractivity contribution in [1.82, 2.24) is 4.31 Å². The zero-order valence-electron chi connectivity index (χ0n) is 11.7. The molecule has 0 aromatic rings. The van der Waals surface area contributed by atoms with Gasteiger partial charge in [0.25, 0.3) is 5.91 Å². The molecule has 3 fully saturated rings. The van der Waals surface area contributed by atoms with E-state index in [2.05, 4.69) is 13.8 Å². The molecule has 3 aliphatic rings. The van der Waals surface area contributed by atoms with Crippen LogP contribution in [0.2, 0.25) is 0 Å². The van der Waals surface area contributed by atoms with E-state index in [0.29, 0.717) is 5.92 Å². The summed E-state index contributed by atoms with van der Waals surface area (Å²) in [5, 5.41) is 0. The quantitative estimate of drug-likeness (QED) is 0.691. The minimum atomic E-state index is -3.45. The van der Waals surface area contributed by atoms with E-state index in [0.717, 1.165) is 19.3 Å². The van der Waals surface area contributed by atoms with Crippen LogP contribution in [0.1, 0.15) is 40.0 Å². The van der Waals surface area contributed by atoms with Crippen LogP contribution in [-0.2, 0) is 14.8 Å². The molecule has 1 aliphatic heterocycles. The first-order valence-electron chi connectivity index (χ1n) is 6.95. The van der Waals surface area contributed by atoms with Gasteiger partial charge < -0.3 is 0 Å². The number of amides is 1. The van der Waals surface area contributed by atoms with Gasteiger partial charge in [0.15, 0.2) is 0 Å². The maximum absolute atomic E-state index is 12.4. The van der Waals surface area contributed by atoms with Crippen molar-refractivity contribution in [2.24, 2.45) is 16.7 Å². The molecule has 0 aromatic carbocycles. The molecule has 4 nitrogen and oxygen atoms in total. The molecule has 3 rings (SSSR count).